The zero-order valence-electron chi connectivity index (χ0n) is 16.1. The average Bonchev–Trinajstić information content (AvgIpc) is 3.23. The summed E-state index contributed by atoms with van der Waals surface area (Å²) in [5.41, 5.74) is 2.33. The molecule has 4 rings (SSSR count). The molecule has 2 heterocycles. The van der Waals surface area contributed by atoms with Crippen molar-refractivity contribution in [3.63, 3.8) is 0 Å². The van der Waals surface area contributed by atoms with Crippen LogP contribution in [0.15, 0.2) is 64.0 Å². The Morgan fingerprint density at radius 1 is 1.00 bits per heavy atom. The lowest BCUT2D eigenvalue weighted by atomic mass is 10.2. The summed E-state index contributed by atoms with van der Waals surface area (Å²) in [5, 5.41) is 8.37. The van der Waals surface area contributed by atoms with Gasteiger partial charge in [-0.05, 0) is 42.8 Å². The third-order valence-electron chi connectivity index (χ3n) is 4.34. The lowest BCUT2D eigenvalue weighted by molar-refractivity contribution is 0.355. The summed E-state index contributed by atoms with van der Waals surface area (Å²) in [6.45, 7) is 1.99. The third kappa shape index (κ3) is 3.60. The summed E-state index contributed by atoms with van der Waals surface area (Å²) in [7, 11) is 3.11. The fourth-order valence-electron chi connectivity index (χ4n) is 2.88. The highest BCUT2D eigenvalue weighted by Crippen LogP contribution is 2.31. The standard InChI is InChI=1S/C21H18N4O4/c1-13-5-4-6-15(11-13)25-10-9-16(26)19(23-25)21-22-20(24-29-21)14-7-8-17(27-2)18(12-14)28-3/h4-12H,1-3H3. The molecule has 0 N–H and O–H groups in total. The van der Waals surface area contributed by atoms with E-state index in [1.807, 2.05) is 31.2 Å². The van der Waals surface area contributed by atoms with Crippen LogP contribution in [0.4, 0.5) is 0 Å². The van der Waals surface area contributed by atoms with Gasteiger partial charge < -0.3 is 14.0 Å². The van der Waals surface area contributed by atoms with Crippen LogP contribution >= 0.6 is 0 Å². The first kappa shape index (κ1) is 18.4. The van der Waals surface area contributed by atoms with Crippen LogP contribution in [0.2, 0.25) is 0 Å². The number of ether oxygens (including phenoxy) is 2. The molecule has 29 heavy (non-hydrogen) atoms. The van der Waals surface area contributed by atoms with Gasteiger partial charge in [-0.2, -0.15) is 10.1 Å². The van der Waals surface area contributed by atoms with Gasteiger partial charge in [0.25, 0.3) is 5.89 Å². The summed E-state index contributed by atoms with van der Waals surface area (Å²) in [6, 6.07) is 14.4. The molecule has 0 radical (unpaired) electrons. The van der Waals surface area contributed by atoms with E-state index >= 15 is 0 Å². The summed E-state index contributed by atoms with van der Waals surface area (Å²) in [6.07, 6.45) is 1.60. The van der Waals surface area contributed by atoms with E-state index in [0.29, 0.717) is 22.9 Å². The molecule has 2 aromatic heterocycles. The topological polar surface area (TPSA) is 92.3 Å². The molecule has 0 aliphatic heterocycles. The number of benzene rings is 2. The number of aryl methyl sites for hydroxylation is 1. The lowest BCUT2D eigenvalue weighted by Crippen LogP contribution is -2.12. The minimum atomic E-state index is -0.309. The van der Waals surface area contributed by atoms with Gasteiger partial charge in [-0.25, -0.2) is 4.68 Å². The zero-order chi connectivity index (χ0) is 20.4. The normalized spacial score (nSPS) is 10.7. The second-order valence-electron chi connectivity index (χ2n) is 6.31. The van der Waals surface area contributed by atoms with Gasteiger partial charge in [0.2, 0.25) is 11.3 Å². The van der Waals surface area contributed by atoms with Crippen molar-refractivity contribution in [3.8, 4) is 40.2 Å². The quantitative estimate of drug-likeness (QED) is 0.516. The van der Waals surface area contributed by atoms with E-state index < -0.39 is 0 Å². The lowest BCUT2D eigenvalue weighted by Gasteiger charge is -2.07. The molecule has 0 spiro atoms. The summed E-state index contributed by atoms with van der Waals surface area (Å²) >= 11 is 0. The van der Waals surface area contributed by atoms with E-state index in [-0.39, 0.29) is 17.0 Å². The second-order valence-corrected chi connectivity index (χ2v) is 6.31. The minimum Gasteiger partial charge on any atom is -0.493 e. The van der Waals surface area contributed by atoms with E-state index in [0.717, 1.165) is 11.3 Å². The molecular formula is C21H18N4O4. The molecule has 0 unspecified atom stereocenters. The third-order valence-corrected chi connectivity index (χ3v) is 4.34. The summed E-state index contributed by atoms with van der Waals surface area (Å²) in [4.78, 5) is 16.7. The Labute approximate surface area is 166 Å². The van der Waals surface area contributed by atoms with Gasteiger partial charge in [0.15, 0.2) is 17.2 Å². The molecule has 0 saturated heterocycles. The molecule has 146 valence electrons. The fourth-order valence-corrected chi connectivity index (χ4v) is 2.88. The monoisotopic (exact) mass is 390 g/mol. The Hall–Kier alpha value is -3.94. The van der Waals surface area contributed by atoms with Crippen LogP contribution in [-0.4, -0.2) is 34.1 Å². The highest BCUT2D eigenvalue weighted by molar-refractivity contribution is 5.62. The number of hydrogen-bond donors (Lipinski definition) is 0. The molecule has 0 bridgehead atoms. The predicted octanol–water partition coefficient (Wildman–Crippen LogP) is 3.28. The molecule has 8 nitrogen and oxygen atoms in total. The Bertz CT molecular complexity index is 1230. The van der Waals surface area contributed by atoms with Crippen molar-refractivity contribution in [2.75, 3.05) is 14.2 Å². The van der Waals surface area contributed by atoms with Crippen molar-refractivity contribution in [3.05, 3.63) is 70.5 Å². The maximum Gasteiger partial charge on any atom is 0.282 e. The molecular weight excluding hydrogens is 372 g/mol. The van der Waals surface area contributed by atoms with Gasteiger partial charge in [-0.1, -0.05) is 17.3 Å². The second kappa shape index (κ2) is 7.59. The number of aromatic nitrogens is 4. The number of methoxy groups -OCH3 is 2. The van der Waals surface area contributed by atoms with Gasteiger partial charge >= 0.3 is 0 Å². The molecule has 0 saturated carbocycles. The first-order valence-electron chi connectivity index (χ1n) is 8.82. The molecule has 4 aromatic rings. The molecule has 0 atom stereocenters. The molecule has 0 fully saturated rings. The van der Waals surface area contributed by atoms with Crippen LogP contribution in [-0.2, 0) is 0 Å². The first-order chi connectivity index (χ1) is 14.1. The number of hydrogen-bond acceptors (Lipinski definition) is 7. The van der Waals surface area contributed by atoms with E-state index in [1.54, 1.807) is 43.3 Å². The maximum atomic E-state index is 12.4. The van der Waals surface area contributed by atoms with Crippen molar-refractivity contribution in [1.29, 1.82) is 0 Å². The van der Waals surface area contributed by atoms with E-state index in [9.17, 15) is 4.79 Å². The number of rotatable bonds is 5. The molecule has 0 amide bonds. The SMILES string of the molecule is COc1ccc(-c2noc(-c3nn(-c4cccc(C)c4)ccc3=O)n2)cc1OC. The van der Waals surface area contributed by atoms with Crippen LogP contribution < -0.4 is 14.9 Å². The molecule has 2 aromatic carbocycles. The van der Waals surface area contributed by atoms with Crippen LogP contribution in [0.25, 0.3) is 28.7 Å². The van der Waals surface area contributed by atoms with E-state index in [1.165, 1.54) is 6.07 Å². The van der Waals surface area contributed by atoms with Crippen LogP contribution in [0, 0.1) is 6.92 Å². The van der Waals surface area contributed by atoms with Crippen molar-refractivity contribution in [2.45, 2.75) is 6.92 Å². The predicted molar refractivity (Wildman–Crippen MR) is 106 cm³/mol. The van der Waals surface area contributed by atoms with Gasteiger partial charge in [0, 0.05) is 17.8 Å². The molecule has 0 aliphatic rings. The Morgan fingerprint density at radius 3 is 2.59 bits per heavy atom. The average molecular weight is 390 g/mol. The van der Waals surface area contributed by atoms with Crippen molar-refractivity contribution in [1.82, 2.24) is 19.9 Å². The van der Waals surface area contributed by atoms with Gasteiger partial charge in [0.05, 0.1) is 19.9 Å². The minimum absolute atomic E-state index is 0.0433. The number of nitrogens with zero attached hydrogens (tertiary/aromatic N) is 4. The summed E-state index contributed by atoms with van der Waals surface area (Å²) in [5.74, 6) is 1.48. The highest BCUT2D eigenvalue weighted by Gasteiger charge is 2.17. The van der Waals surface area contributed by atoms with Gasteiger partial charge in [0.1, 0.15) is 0 Å². The maximum absolute atomic E-state index is 12.4. The smallest absolute Gasteiger partial charge is 0.282 e. The van der Waals surface area contributed by atoms with Gasteiger partial charge in [-0.3, -0.25) is 4.79 Å². The fraction of sp³-hybridized carbons (Fsp3) is 0.143. The molecule has 8 heteroatoms. The largest absolute Gasteiger partial charge is 0.493 e. The van der Waals surface area contributed by atoms with Crippen LogP contribution in [0.3, 0.4) is 0 Å². The highest BCUT2D eigenvalue weighted by atomic mass is 16.5. The van der Waals surface area contributed by atoms with Gasteiger partial charge in [-0.15, -0.1) is 0 Å². The summed E-state index contributed by atoms with van der Waals surface area (Å²) < 4.78 is 17.5. The Kier molecular flexibility index (Phi) is 4.82. The van der Waals surface area contributed by atoms with Crippen LogP contribution in [0.5, 0.6) is 11.5 Å². The van der Waals surface area contributed by atoms with Crippen LogP contribution in [0.1, 0.15) is 5.56 Å². The van der Waals surface area contributed by atoms with E-state index in [4.69, 9.17) is 14.0 Å². The Balaban J connectivity index is 1.73. The Morgan fingerprint density at radius 2 is 1.83 bits per heavy atom. The zero-order valence-corrected chi connectivity index (χ0v) is 16.1. The first-order valence-corrected chi connectivity index (χ1v) is 8.82. The van der Waals surface area contributed by atoms with Crippen molar-refractivity contribution in [2.24, 2.45) is 0 Å². The van der Waals surface area contributed by atoms with E-state index in [2.05, 4.69) is 15.2 Å². The van der Waals surface area contributed by atoms with Crippen molar-refractivity contribution < 1.29 is 14.0 Å². The van der Waals surface area contributed by atoms with Crippen molar-refractivity contribution >= 4 is 0 Å². The molecule has 0 aliphatic carbocycles.